The van der Waals surface area contributed by atoms with Crippen LogP contribution in [0.1, 0.15) is 49.7 Å². The highest BCUT2D eigenvalue weighted by molar-refractivity contribution is 5.89. The van der Waals surface area contributed by atoms with Gasteiger partial charge >= 0.3 is 5.97 Å². The number of benzene rings is 1. The minimum Gasteiger partial charge on any atom is -0.481 e. The Morgan fingerprint density at radius 3 is 2.48 bits per heavy atom. The quantitative estimate of drug-likeness (QED) is 0.876. The maximum Gasteiger partial charge on any atom is 0.305 e. The van der Waals surface area contributed by atoms with Crippen molar-refractivity contribution >= 4 is 11.9 Å². The van der Waals surface area contributed by atoms with E-state index in [9.17, 15) is 9.59 Å². The lowest BCUT2D eigenvalue weighted by Gasteiger charge is -2.37. The first-order chi connectivity index (χ1) is 10.1. The van der Waals surface area contributed by atoms with Crippen molar-refractivity contribution in [1.82, 2.24) is 5.32 Å². The van der Waals surface area contributed by atoms with Gasteiger partial charge in [-0.15, -0.1) is 0 Å². The zero-order valence-corrected chi connectivity index (χ0v) is 12.5. The molecule has 0 atom stereocenters. The van der Waals surface area contributed by atoms with Gasteiger partial charge in [0, 0.05) is 6.54 Å². The zero-order chi connectivity index (χ0) is 15.3. The molecule has 0 radical (unpaired) electrons. The molecule has 21 heavy (non-hydrogen) atoms. The van der Waals surface area contributed by atoms with Crippen LogP contribution in [0.15, 0.2) is 24.3 Å². The highest BCUT2D eigenvalue weighted by atomic mass is 16.4. The smallest absolute Gasteiger partial charge is 0.305 e. The van der Waals surface area contributed by atoms with Gasteiger partial charge in [0.15, 0.2) is 0 Å². The van der Waals surface area contributed by atoms with Crippen molar-refractivity contribution in [2.75, 3.05) is 6.54 Å². The van der Waals surface area contributed by atoms with Crippen LogP contribution >= 0.6 is 0 Å². The molecule has 0 saturated heterocycles. The number of rotatable bonds is 5. The molecule has 0 aliphatic heterocycles. The minimum absolute atomic E-state index is 0.0160. The highest BCUT2D eigenvalue weighted by Crippen LogP contribution is 2.41. The lowest BCUT2D eigenvalue weighted by atomic mass is 9.67. The third-order valence-electron chi connectivity index (χ3n) is 4.43. The van der Waals surface area contributed by atoms with Crippen molar-refractivity contribution in [3.63, 3.8) is 0 Å². The molecule has 0 spiro atoms. The molecule has 2 rings (SSSR count). The number of nitrogens with one attached hydrogen (secondary N) is 1. The fraction of sp³-hybridized carbons (Fsp3) is 0.529. The second-order valence-electron chi connectivity index (χ2n) is 5.86. The average molecular weight is 289 g/mol. The van der Waals surface area contributed by atoms with Crippen LogP contribution in [0.2, 0.25) is 0 Å². The molecule has 1 saturated carbocycles. The molecule has 1 amide bonds. The van der Waals surface area contributed by atoms with Crippen molar-refractivity contribution in [2.45, 2.75) is 50.9 Å². The third-order valence-corrected chi connectivity index (χ3v) is 4.43. The summed E-state index contributed by atoms with van der Waals surface area (Å²) in [4.78, 5) is 23.4. The Balaban J connectivity index is 2.23. The standard InChI is InChI=1S/C17H23NO3/c1-13-7-3-4-8-14(13)17(10-5-2-6-11-17)16(21)18-12-9-15(19)20/h3-4,7-8H,2,5-6,9-12H2,1H3,(H,18,21)(H,19,20). The van der Waals surface area contributed by atoms with Crippen molar-refractivity contribution < 1.29 is 14.7 Å². The lowest BCUT2D eigenvalue weighted by molar-refractivity contribution is -0.137. The van der Waals surface area contributed by atoms with Gasteiger partial charge in [0.2, 0.25) is 5.91 Å². The summed E-state index contributed by atoms with van der Waals surface area (Å²) in [6.07, 6.45) is 4.90. The van der Waals surface area contributed by atoms with Gasteiger partial charge in [-0.3, -0.25) is 9.59 Å². The lowest BCUT2D eigenvalue weighted by Crippen LogP contribution is -2.46. The number of carboxylic acids is 1. The van der Waals surface area contributed by atoms with Crippen LogP contribution in [0.4, 0.5) is 0 Å². The summed E-state index contributed by atoms with van der Waals surface area (Å²) in [5.74, 6) is -0.901. The summed E-state index contributed by atoms with van der Waals surface area (Å²) >= 11 is 0. The molecule has 1 fully saturated rings. The van der Waals surface area contributed by atoms with Gasteiger partial charge in [-0.2, -0.15) is 0 Å². The number of aliphatic carboxylic acids is 1. The summed E-state index contributed by atoms with van der Waals surface area (Å²) in [5, 5.41) is 11.5. The van der Waals surface area contributed by atoms with Crippen molar-refractivity contribution in [3.8, 4) is 0 Å². The predicted molar refractivity (Wildman–Crippen MR) is 81.2 cm³/mol. The molecular formula is C17H23NO3. The highest BCUT2D eigenvalue weighted by Gasteiger charge is 2.41. The SMILES string of the molecule is Cc1ccccc1C1(C(=O)NCCC(=O)O)CCCCC1. The first kappa shape index (κ1) is 15.5. The molecule has 1 aromatic rings. The van der Waals surface area contributed by atoms with Crippen LogP contribution in [0.5, 0.6) is 0 Å². The molecular weight excluding hydrogens is 266 g/mol. The Labute approximate surface area is 125 Å². The van der Waals surface area contributed by atoms with Crippen LogP contribution in [-0.2, 0) is 15.0 Å². The van der Waals surface area contributed by atoms with Crippen molar-refractivity contribution in [2.24, 2.45) is 0 Å². The molecule has 1 aromatic carbocycles. The summed E-state index contributed by atoms with van der Waals surface area (Å²) in [5.41, 5.74) is 1.74. The van der Waals surface area contributed by atoms with E-state index < -0.39 is 11.4 Å². The Morgan fingerprint density at radius 2 is 1.86 bits per heavy atom. The number of carbonyl (C=O) groups is 2. The van der Waals surface area contributed by atoms with E-state index in [1.807, 2.05) is 31.2 Å². The molecule has 0 bridgehead atoms. The second-order valence-corrected chi connectivity index (χ2v) is 5.86. The first-order valence-corrected chi connectivity index (χ1v) is 7.62. The van der Waals surface area contributed by atoms with E-state index in [0.29, 0.717) is 0 Å². The summed E-state index contributed by atoms with van der Waals surface area (Å²) in [7, 11) is 0. The van der Waals surface area contributed by atoms with E-state index in [-0.39, 0.29) is 18.9 Å². The van der Waals surface area contributed by atoms with Gasteiger partial charge in [-0.1, -0.05) is 43.5 Å². The molecule has 114 valence electrons. The van der Waals surface area contributed by atoms with Gasteiger partial charge in [0.05, 0.1) is 11.8 Å². The molecule has 1 aliphatic carbocycles. The van der Waals surface area contributed by atoms with E-state index in [0.717, 1.165) is 43.2 Å². The number of hydrogen-bond acceptors (Lipinski definition) is 2. The summed E-state index contributed by atoms with van der Waals surface area (Å²) in [6.45, 7) is 2.23. The van der Waals surface area contributed by atoms with Gasteiger partial charge < -0.3 is 10.4 Å². The topological polar surface area (TPSA) is 66.4 Å². The molecule has 0 heterocycles. The Hall–Kier alpha value is -1.84. The van der Waals surface area contributed by atoms with Gasteiger partial charge in [-0.05, 0) is 30.9 Å². The summed E-state index contributed by atoms with van der Waals surface area (Å²) < 4.78 is 0. The van der Waals surface area contributed by atoms with Gasteiger partial charge in [-0.25, -0.2) is 0 Å². The maximum atomic E-state index is 12.8. The van der Waals surface area contributed by atoms with E-state index in [2.05, 4.69) is 5.32 Å². The second kappa shape index (κ2) is 6.74. The van der Waals surface area contributed by atoms with Crippen molar-refractivity contribution in [1.29, 1.82) is 0 Å². The Morgan fingerprint density at radius 1 is 1.19 bits per heavy atom. The third kappa shape index (κ3) is 3.43. The first-order valence-electron chi connectivity index (χ1n) is 7.62. The number of amides is 1. The van der Waals surface area contributed by atoms with E-state index in [4.69, 9.17) is 5.11 Å². The molecule has 0 aromatic heterocycles. The predicted octanol–water partition coefficient (Wildman–Crippen LogP) is 2.79. The zero-order valence-electron chi connectivity index (χ0n) is 12.5. The largest absolute Gasteiger partial charge is 0.481 e. The Kier molecular flexibility index (Phi) is 4.99. The normalized spacial score (nSPS) is 17.2. The fourth-order valence-corrected chi connectivity index (χ4v) is 3.34. The van der Waals surface area contributed by atoms with Crippen LogP contribution < -0.4 is 5.32 Å². The van der Waals surface area contributed by atoms with Crippen LogP contribution in [-0.4, -0.2) is 23.5 Å². The van der Waals surface area contributed by atoms with Crippen LogP contribution in [0, 0.1) is 6.92 Å². The summed E-state index contributed by atoms with van der Waals surface area (Å²) in [6, 6.07) is 8.04. The number of carboxylic acid groups (broad SMARTS) is 1. The molecule has 0 unspecified atom stereocenters. The number of aryl methyl sites for hydroxylation is 1. The van der Waals surface area contributed by atoms with Crippen LogP contribution in [0.25, 0.3) is 0 Å². The van der Waals surface area contributed by atoms with E-state index in [1.165, 1.54) is 0 Å². The fourth-order valence-electron chi connectivity index (χ4n) is 3.34. The number of hydrogen-bond donors (Lipinski definition) is 2. The average Bonchev–Trinajstić information content (AvgIpc) is 2.48. The van der Waals surface area contributed by atoms with E-state index in [1.54, 1.807) is 0 Å². The molecule has 4 heteroatoms. The molecule has 2 N–H and O–H groups in total. The minimum atomic E-state index is -0.885. The maximum absolute atomic E-state index is 12.8. The Bertz CT molecular complexity index is 519. The van der Waals surface area contributed by atoms with Gasteiger partial charge in [0.25, 0.3) is 0 Å². The molecule has 1 aliphatic rings. The van der Waals surface area contributed by atoms with Crippen molar-refractivity contribution in [3.05, 3.63) is 35.4 Å². The molecule has 4 nitrogen and oxygen atoms in total. The van der Waals surface area contributed by atoms with Crippen LogP contribution in [0.3, 0.4) is 0 Å². The van der Waals surface area contributed by atoms with Gasteiger partial charge in [0.1, 0.15) is 0 Å². The number of carbonyl (C=O) groups excluding carboxylic acids is 1. The monoisotopic (exact) mass is 289 g/mol. The van der Waals surface area contributed by atoms with E-state index >= 15 is 0 Å².